The Morgan fingerprint density at radius 1 is 1.15 bits per heavy atom. The van der Waals surface area contributed by atoms with Crippen molar-refractivity contribution in [2.24, 2.45) is 0 Å². The molecule has 0 bridgehead atoms. The van der Waals surface area contributed by atoms with Gasteiger partial charge >= 0.3 is 0 Å². The van der Waals surface area contributed by atoms with E-state index in [4.69, 9.17) is 4.74 Å². The summed E-state index contributed by atoms with van der Waals surface area (Å²) in [5, 5.41) is 2.65. The summed E-state index contributed by atoms with van der Waals surface area (Å²) < 4.78 is 18.8. The highest BCUT2D eigenvalue weighted by atomic mass is 19.1. The lowest BCUT2D eigenvalue weighted by Gasteiger charge is -2.32. The highest BCUT2D eigenvalue weighted by molar-refractivity contribution is 5.94. The van der Waals surface area contributed by atoms with Crippen LogP contribution < -0.4 is 10.1 Å². The number of amides is 2. The number of nitrogens with zero attached hydrogens (tertiary/aromatic N) is 2. The van der Waals surface area contributed by atoms with Crippen LogP contribution in [0.1, 0.15) is 30.1 Å². The topological polar surface area (TPSA) is 71.5 Å². The van der Waals surface area contributed by atoms with Crippen LogP contribution in [-0.2, 0) is 4.79 Å². The number of benzene rings is 1. The second-order valence-electron chi connectivity index (χ2n) is 6.18. The molecule has 0 spiro atoms. The number of ether oxygens (including phenoxy) is 1. The zero-order valence-electron chi connectivity index (χ0n) is 14.4. The van der Waals surface area contributed by atoms with Crippen LogP contribution in [0.3, 0.4) is 0 Å². The molecule has 1 aromatic heterocycles. The Labute approximate surface area is 151 Å². The number of carbonyl (C=O) groups excluding carboxylic acids is 2. The molecule has 0 saturated carbocycles. The molecule has 0 unspecified atom stereocenters. The van der Waals surface area contributed by atoms with Crippen LogP contribution in [0.25, 0.3) is 0 Å². The first-order valence-electron chi connectivity index (χ1n) is 8.46. The number of aromatic nitrogens is 1. The summed E-state index contributed by atoms with van der Waals surface area (Å²) >= 11 is 0. The fourth-order valence-electron chi connectivity index (χ4n) is 2.85. The highest BCUT2D eigenvalue weighted by Gasteiger charge is 2.25. The Morgan fingerprint density at radius 2 is 1.85 bits per heavy atom. The summed E-state index contributed by atoms with van der Waals surface area (Å²) in [5.41, 5.74) is 1.10. The molecule has 3 rings (SSSR count). The predicted octanol–water partition coefficient (Wildman–Crippen LogP) is 2.86. The molecule has 1 aliphatic rings. The van der Waals surface area contributed by atoms with Crippen LogP contribution >= 0.6 is 0 Å². The van der Waals surface area contributed by atoms with Gasteiger partial charge in [0.25, 0.3) is 5.91 Å². The fraction of sp³-hybridized carbons (Fsp3) is 0.316. The van der Waals surface area contributed by atoms with Crippen LogP contribution in [0.5, 0.6) is 5.88 Å². The van der Waals surface area contributed by atoms with Gasteiger partial charge in [-0.2, -0.15) is 0 Å². The molecule has 2 amide bonds. The van der Waals surface area contributed by atoms with Gasteiger partial charge in [0.1, 0.15) is 11.9 Å². The number of hydrogen-bond donors (Lipinski definition) is 1. The number of likely N-dealkylation sites (tertiary alicyclic amines) is 1. The van der Waals surface area contributed by atoms with Crippen LogP contribution in [0.4, 0.5) is 10.1 Å². The normalized spacial score (nSPS) is 14.8. The van der Waals surface area contributed by atoms with Gasteiger partial charge in [0.2, 0.25) is 11.8 Å². The average Bonchev–Trinajstić information content (AvgIpc) is 2.64. The maximum absolute atomic E-state index is 13.0. The van der Waals surface area contributed by atoms with Crippen molar-refractivity contribution in [1.29, 1.82) is 0 Å². The molecule has 1 aromatic carbocycles. The molecule has 136 valence electrons. The van der Waals surface area contributed by atoms with Crippen LogP contribution in [0.2, 0.25) is 0 Å². The fourth-order valence-corrected chi connectivity index (χ4v) is 2.85. The van der Waals surface area contributed by atoms with Gasteiger partial charge in [0.15, 0.2) is 0 Å². The average molecular weight is 357 g/mol. The highest BCUT2D eigenvalue weighted by Crippen LogP contribution is 2.20. The summed E-state index contributed by atoms with van der Waals surface area (Å²) in [5.74, 6) is -0.118. The first-order chi connectivity index (χ1) is 12.5. The third kappa shape index (κ3) is 4.56. The van der Waals surface area contributed by atoms with Gasteiger partial charge in [-0.3, -0.25) is 9.59 Å². The van der Waals surface area contributed by atoms with Crippen molar-refractivity contribution in [1.82, 2.24) is 9.88 Å². The van der Waals surface area contributed by atoms with E-state index in [0.717, 1.165) is 0 Å². The smallest absolute Gasteiger partial charge is 0.253 e. The number of anilines is 1. The number of hydrogen-bond acceptors (Lipinski definition) is 4. The monoisotopic (exact) mass is 357 g/mol. The Bertz CT molecular complexity index is 770. The largest absolute Gasteiger partial charge is 0.474 e. The maximum Gasteiger partial charge on any atom is 0.253 e. The molecule has 0 radical (unpaired) electrons. The Hall–Kier alpha value is -2.96. The molecule has 0 atom stereocenters. The number of piperidine rings is 1. The lowest BCUT2D eigenvalue weighted by molar-refractivity contribution is -0.114. The zero-order valence-corrected chi connectivity index (χ0v) is 14.4. The van der Waals surface area contributed by atoms with Crippen LogP contribution in [0, 0.1) is 5.82 Å². The van der Waals surface area contributed by atoms with E-state index in [1.807, 2.05) is 0 Å². The summed E-state index contributed by atoms with van der Waals surface area (Å²) in [7, 11) is 0. The van der Waals surface area contributed by atoms with Crippen LogP contribution in [-0.4, -0.2) is 40.9 Å². The van der Waals surface area contributed by atoms with Crippen molar-refractivity contribution in [2.45, 2.75) is 25.9 Å². The van der Waals surface area contributed by atoms with Crippen molar-refractivity contribution in [3.63, 3.8) is 0 Å². The van der Waals surface area contributed by atoms with E-state index < -0.39 is 0 Å². The minimum absolute atomic E-state index is 0.0219. The minimum Gasteiger partial charge on any atom is -0.474 e. The summed E-state index contributed by atoms with van der Waals surface area (Å²) in [6.07, 6.45) is 2.92. The van der Waals surface area contributed by atoms with E-state index in [1.54, 1.807) is 23.2 Å². The van der Waals surface area contributed by atoms with Crippen molar-refractivity contribution in [3.8, 4) is 5.88 Å². The summed E-state index contributed by atoms with van der Waals surface area (Å²) in [6, 6.07) is 9.03. The Morgan fingerprint density at radius 3 is 2.42 bits per heavy atom. The third-order valence-corrected chi connectivity index (χ3v) is 4.16. The van der Waals surface area contributed by atoms with E-state index in [2.05, 4.69) is 10.3 Å². The van der Waals surface area contributed by atoms with Gasteiger partial charge < -0.3 is 15.0 Å². The molecule has 26 heavy (non-hydrogen) atoms. The molecular weight excluding hydrogens is 337 g/mol. The van der Waals surface area contributed by atoms with Crippen molar-refractivity contribution in [3.05, 3.63) is 54.0 Å². The first-order valence-corrected chi connectivity index (χ1v) is 8.46. The molecule has 2 aromatic rings. The molecule has 2 heterocycles. The molecule has 1 aliphatic heterocycles. The summed E-state index contributed by atoms with van der Waals surface area (Å²) in [4.78, 5) is 29.3. The summed E-state index contributed by atoms with van der Waals surface area (Å²) in [6.45, 7) is 2.58. The van der Waals surface area contributed by atoms with Gasteiger partial charge in [0.05, 0.1) is 11.9 Å². The van der Waals surface area contributed by atoms with E-state index in [1.165, 1.54) is 31.2 Å². The number of pyridine rings is 1. The van der Waals surface area contributed by atoms with Crippen molar-refractivity contribution in [2.75, 3.05) is 18.4 Å². The van der Waals surface area contributed by atoms with Crippen molar-refractivity contribution < 1.29 is 18.7 Å². The molecule has 6 nitrogen and oxygen atoms in total. The van der Waals surface area contributed by atoms with Gasteiger partial charge in [-0.1, -0.05) is 0 Å². The lowest BCUT2D eigenvalue weighted by Crippen LogP contribution is -2.41. The molecule has 1 fully saturated rings. The second-order valence-corrected chi connectivity index (χ2v) is 6.18. The van der Waals surface area contributed by atoms with Gasteiger partial charge in [-0.05, 0) is 30.3 Å². The predicted molar refractivity (Wildman–Crippen MR) is 94.5 cm³/mol. The van der Waals surface area contributed by atoms with Crippen LogP contribution in [0.15, 0.2) is 42.6 Å². The Balaban J connectivity index is 1.51. The lowest BCUT2D eigenvalue weighted by atomic mass is 10.1. The van der Waals surface area contributed by atoms with E-state index in [-0.39, 0.29) is 23.7 Å². The zero-order chi connectivity index (χ0) is 18.5. The number of halogens is 1. The maximum atomic E-state index is 13.0. The molecule has 1 saturated heterocycles. The third-order valence-electron chi connectivity index (χ3n) is 4.16. The first kappa shape index (κ1) is 17.8. The van der Waals surface area contributed by atoms with Gasteiger partial charge in [-0.15, -0.1) is 0 Å². The molecule has 0 aliphatic carbocycles. The quantitative estimate of drug-likeness (QED) is 0.913. The molecular formula is C19H20FN3O3. The minimum atomic E-state index is -0.356. The van der Waals surface area contributed by atoms with Crippen molar-refractivity contribution >= 4 is 17.5 Å². The molecule has 7 heteroatoms. The number of carbonyl (C=O) groups is 2. The second kappa shape index (κ2) is 7.95. The van der Waals surface area contributed by atoms with Gasteiger partial charge in [-0.25, -0.2) is 9.37 Å². The van der Waals surface area contributed by atoms with E-state index in [9.17, 15) is 14.0 Å². The number of rotatable bonds is 4. The van der Waals surface area contributed by atoms with E-state index in [0.29, 0.717) is 43.1 Å². The van der Waals surface area contributed by atoms with E-state index >= 15 is 0 Å². The Kier molecular flexibility index (Phi) is 5.46. The molecule has 1 N–H and O–H groups in total. The standard InChI is InChI=1S/C19H20FN3O3/c1-13(24)22-16-6-7-18(21-12-16)26-17-8-10-23(11-9-17)19(25)14-2-4-15(20)5-3-14/h2-7,12,17H,8-11H2,1H3,(H,22,24). The SMILES string of the molecule is CC(=O)Nc1ccc(OC2CCN(C(=O)c3ccc(F)cc3)CC2)nc1. The van der Waals surface area contributed by atoms with Gasteiger partial charge in [0, 0.05) is 44.5 Å². The number of nitrogens with one attached hydrogen (secondary N) is 1.